The van der Waals surface area contributed by atoms with E-state index in [9.17, 15) is 4.79 Å². The predicted molar refractivity (Wildman–Crippen MR) is 133 cm³/mol. The summed E-state index contributed by atoms with van der Waals surface area (Å²) in [5.74, 6) is -0.384. The summed E-state index contributed by atoms with van der Waals surface area (Å²) in [6.45, 7) is 2.04. The number of carbonyl (C=O) groups excluding carboxylic acids is 1. The quantitative estimate of drug-likeness (QED) is 0.402. The molecule has 0 saturated heterocycles. The number of primary amides is 1. The van der Waals surface area contributed by atoms with Crippen LogP contribution < -0.4 is 16.0 Å². The van der Waals surface area contributed by atoms with Gasteiger partial charge in [0.15, 0.2) is 5.11 Å². The fraction of sp³-hybridized carbons (Fsp3) is 0.0769. The largest absolute Gasteiger partial charge is 0.369 e. The topological polar surface area (TPSA) is 58.4 Å². The third kappa shape index (κ3) is 4.57. The number of nitrogens with zero attached hydrogens (tertiary/aromatic N) is 1. The first-order valence-corrected chi connectivity index (χ1v) is 10.5. The van der Waals surface area contributed by atoms with Crippen molar-refractivity contribution in [3.8, 4) is 0 Å². The number of aryl methyl sites for hydroxylation is 1. The molecule has 0 saturated carbocycles. The van der Waals surface area contributed by atoms with Gasteiger partial charge >= 0.3 is 0 Å². The third-order valence-corrected chi connectivity index (χ3v) is 5.44. The maximum absolute atomic E-state index is 11.7. The minimum absolute atomic E-state index is 0.136. The van der Waals surface area contributed by atoms with Gasteiger partial charge in [-0.3, -0.25) is 9.69 Å². The number of amides is 1. The second kappa shape index (κ2) is 8.98. The van der Waals surface area contributed by atoms with Crippen LogP contribution in [0.25, 0.3) is 10.8 Å². The molecule has 0 bridgehead atoms. The lowest BCUT2D eigenvalue weighted by Crippen LogP contribution is -2.32. The summed E-state index contributed by atoms with van der Waals surface area (Å²) < 4.78 is 0. The van der Waals surface area contributed by atoms with Crippen LogP contribution in [0.15, 0.2) is 91.0 Å². The van der Waals surface area contributed by atoms with Crippen molar-refractivity contribution in [3.05, 3.63) is 102 Å². The number of carbonyl (C=O) groups is 1. The number of anilines is 3. The summed E-state index contributed by atoms with van der Waals surface area (Å²) in [6, 6.07) is 30.1. The Kier molecular flexibility index (Phi) is 5.96. The number of thiocarbonyl (C=S) groups is 1. The van der Waals surface area contributed by atoms with Crippen LogP contribution in [-0.2, 0) is 11.2 Å². The van der Waals surface area contributed by atoms with Crippen molar-refractivity contribution in [2.75, 3.05) is 10.2 Å². The number of hydrogen-bond acceptors (Lipinski definition) is 2. The number of para-hydroxylation sites is 2. The number of benzene rings is 4. The first-order valence-electron chi connectivity index (χ1n) is 10.0. The molecular weight excluding hydrogens is 402 g/mol. The molecule has 0 radical (unpaired) electrons. The van der Waals surface area contributed by atoms with Crippen LogP contribution in [0.3, 0.4) is 0 Å². The molecule has 4 rings (SSSR count). The first kappa shape index (κ1) is 20.6. The monoisotopic (exact) mass is 425 g/mol. The highest BCUT2D eigenvalue weighted by Gasteiger charge is 2.20. The first-order chi connectivity index (χ1) is 15.0. The molecule has 0 spiro atoms. The van der Waals surface area contributed by atoms with Crippen molar-refractivity contribution in [3.63, 3.8) is 0 Å². The predicted octanol–water partition coefficient (Wildman–Crippen LogP) is 5.71. The van der Waals surface area contributed by atoms with E-state index in [0.29, 0.717) is 5.11 Å². The van der Waals surface area contributed by atoms with E-state index >= 15 is 0 Å². The van der Waals surface area contributed by atoms with E-state index in [-0.39, 0.29) is 12.3 Å². The summed E-state index contributed by atoms with van der Waals surface area (Å²) in [5.41, 5.74) is 10.1. The molecule has 4 aromatic rings. The Morgan fingerprint density at radius 3 is 2.26 bits per heavy atom. The molecule has 4 nitrogen and oxygen atoms in total. The summed E-state index contributed by atoms with van der Waals surface area (Å²) >= 11 is 5.88. The van der Waals surface area contributed by atoms with Gasteiger partial charge in [-0.2, -0.15) is 0 Å². The number of fused-ring (bicyclic) bond motifs is 1. The molecule has 0 aliphatic carbocycles. The van der Waals surface area contributed by atoms with Crippen LogP contribution in [0, 0.1) is 6.92 Å². The Balaban J connectivity index is 1.76. The molecule has 31 heavy (non-hydrogen) atoms. The molecule has 0 aromatic heterocycles. The summed E-state index contributed by atoms with van der Waals surface area (Å²) in [6.07, 6.45) is 0.136. The average molecular weight is 426 g/mol. The van der Waals surface area contributed by atoms with E-state index in [4.69, 9.17) is 18.0 Å². The van der Waals surface area contributed by atoms with Crippen LogP contribution in [0.1, 0.15) is 11.1 Å². The van der Waals surface area contributed by atoms with E-state index in [0.717, 1.165) is 33.6 Å². The molecule has 4 aromatic carbocycles. The number of rotatable bonds is 5. The van der Waals surface area contributed by atoms with Gasteiger partial charge in [-0.05, 0) is 65.3 Å². The van der Waals surface area contributed by atoms with Gasteiger partial charge in [0.05, 0.1) is 17.8 Å². The van der Waals surface area contributed by atoms with Gasteiger partial charge in [-0.1, -0.05) is 66.7 Å². The van der Waals surface area contributed by atoms with Gasteiger partial charge in [0.1, 0.15) is 0 Å². The zero-order valence-corrected chi connectivity index (χ0v) is 18.0. The lowest BCUT2D eigenvalue weighted by molar-refractivity contribution is -0.117. The highest BCUT2D eigenvalue weighted by atomic mass is 32.1. The minimum Gasteiger partial charge on any atom is -0.369 e. The van der Waals surface area contributed by atoms with Gasteiger partial charge in [0.25, 0.3) is 0 Å². The number of hydrogen-bond donors (Lipinski definition) is 2. The molecule has 154 valence electrons. The minimum atomic E-state index is -0.384. The van der Waals surface area contributed by atoms with E-state index in [1.807, 2.05) is 78.6 Å². The maximum atomic E-state index is 11.7. The molecule has 0 heterocycles. The van der Waals surface area contributed by atoms with Crippen LogP contribution in [0.4, 0.5) is 17.1 Å². The molecule has 0 unspecified atom stereocenters. The van der Waals surface area contributed by atoms with Crippen molar-refractivity contribution >= 4 is 51.1 Å². The smallest absolute Gasteiger partial charge is 0.221 e. The molecule has 0 aliphatic heterocycles. The van der Waals surface area contributed by atoms with Crippen molar-refractivity contribution in [2.24, 2.45) is 5.73 Å². The fourth-order valence-electron chi connectivity index (χ4n) is 3.68. The van der Waals surface area contributed by atoms with E-state index in [1.165, 1.54) is 5.39 Å². The van der Waals surface area contributed by atoms with Crippen molar-refractivity contribution < 1.29 is 4.79 Å². The van der Waals surface area contributed by atoms with Gasteiger partial charge in [-0.25, -0.2) is 0 Å². The zero-order chi connectivity index (χ0) is 21.8. The maximum Gasteiger partial charge on any atom is 0.221 e. The highest BCUT2D eigenvalue weighted by Crippen LogP contribution is 2.32. The summed E-state index contributed by atoms with van der Waals surface area (Å²) in [5, 5.41) is 6.19. The zero-order valence-electron chi connectivity index (χ0n) is 17.2. The van der Waals surface area contributed by atoms with Gasteiger partial charge < -0.3 is 11.1 Å². The molecule has 0 fully saturated rings. The standard InChI is InChI=1S/C26H23N3OS/c1-18-8-2-6-12-23(18)29(24-13-7-5-11-21(24)17-25(27)30)26(31)28-22-15-14-19-9-3-4-10-20(19)16-22/h2-16H,17H2,1H3,(H2,27,30)(H,28,31). The van der Waals surface area contributed by atoms with Crippen molar-refractivity contribution in [1.82, 2.24) is 0 Å². The lowest BCUT2D eigenvalue weighted by Gasteiger charge is -2.29. The van der Waals surface area contributed by atoms with Crippen LogP contribution in [-0.4, -0.2) is 11.0 Å². The van der Waals surface area contributed by atoms with Crippen LogP contribution in [0.2, 0.25) is 0 Å². The Morgan fingerprint density at radius 1 is 0.871 bits per heavy atom. The third-order valence-electron chi connectivity index (χ3n) is 5.16. The van der Waals surface area contributed by atoms with Crippen LogP contribution >= 0.6 is 12.2 Å². The molecule has 1 amide bonds. The van der Waals surface area contributed by atoms with Gasteiger partial charge in [0, 0.05) is 5.69 Å². The normalized spacial score (nSPS) is 10.6. The lowest BCUT2D eigenvalue weighted by atomic mass is 10.1. The van der Waals surface area contributed by atoms with Crippen molar-refractivity contribution in [2.45, 2.75) is 13.3 Å². The Morgan fingerprint density at radius 2 is 1.52 bits per heavy atom. The Hall–Kier alpha value is -3.70. The summed E-state index contributed by atoms with van der Waals surface area (Å²) in [7, 11) is 0. The van der Waals surface area contributed by atoms with E-state index in [1.54, 1.807) is 0 Å². The Bertz CT molecular complexity index is 1270. The highest BCUT2D eigenvalue weighted by molar-refractivity contribution is 7.80. The second-order valence-electron chi connectivity index (χ2n) is 7.39. The fourth-order valence-corrected chi connectivity index (χ4v) is 3.99. The van der Waals surface area contributed by atoms with Gasteiger partial charge in [-0.15, -0.1) is 0 Å². The molecule has 3 N–H and O–H groups in total. The SMILES string of the molecule is Cc1ccccc1N(C(=S)Nc1ccc2ccccc2c1)c1ccccc1CC(N)=O. The van der Waals surface area contributed by atoms with Gasteiger partial charge in [0.2, 0.25) is 5.91 Å². The van der Waals surface area contributed by atoms with E-state index < -0.39 is 0 Å². The number of nitrogens with two attached hydrogens (primary N) is 1. The van der Waals surface area contributed by atoms with E-state index in [2.05, 4.69) is 29.6 Å². The average Bonchev–Trinajstić information content (AvgIpc) is 2.76. The molecule has 5 heteroatoms. The van der Waals surface area contributed by atoms with Crippen molar-refractivity contribution in [1.29, 1.82) is 0 Å². The molecular formula is C26H23N3OS. The summed E-state index contributed by atoms with van der Waals surface area (Å²) in [4.78, 5) is 13.7. The number of nitrogens with one attached hydrogen (secondary N) is 1. The molecule has 0 atom stereocenters. The Labute approximate surface area is 187 Å². The second-order valence-corrected chi connectivity index (χ2v) is 7.77. The van der Waals surface area contributed by atoms with Crippen LogP contribution in [0.5, 0.6) is 0 Å². The molecule has 0 aliphatic rings.